The topological polar surface area (TPSA) is 76.0 Å². The Labute approximate surface area is 162 Å². The molecule has 142 valence electrons. The van der Waals surface area contributed by atoms with Gasteiger partial charge in [-0.1, -0.05) is 42.5 Å². The number of para-hydroxylation sites is 1. The number of methoxy groups -OCH3 is 1. The molecule has 4 rings (SSSR count). The molecule has 2 heterocycles. The number of hydrogen-bond acceptors (Lipinski definition) is 5. The first-order chi connectivity index (χ1) is 13.4. The average Bonchev–Trinajstić information content (AvgIpc) is 3.16. The van der Waals surface area contributed by atoms with Crippen molar-refractivity contribution in [3.63, 3.8) is 0 Å². The summed E-state index contributed by atoms with van der Waals surface area (Å²) in [7, 11) is 1.26. The number of anilines is 1. The Balaban J connectivity index is 1.90. The van der Waals surface area contributed by atoms with E-state index in [9.17, 15) is 14.4 Å². The maximum atomic E-state index is 13.4. The molecular formula is C22H20N2O4. The number of aryl methyl sites for hydroxylation is 1. The smallest absolute Gasteiger partial charge is 0.334 e. The molecule has 0 aliphatic carbocycles. The zero-order valence-corrected chi connectivity index (χ0v) is 15.9. The van der Waals surface area contributed by atoms with Crippen molar-refractivity contribution in [2.45, 2.75) is 19.4 Å². The lowest BCUT2D eigenvalue weighted by Crippen LogP contribution is -2.45. The summed E-state index contributed by atoms with van der Waals surface area (Å²) in [6.45, 7) is 3.48. The number of ether oxygens (including phenoxy) is 1. The van der Waals surface area contributed by atoms with Gasteiger partial charge in [-0.2, -0.15) is 0 Å². The van der Waals surface area contributed by atoms with Gasteiger partial charge in [-0.05, 0) is 37.1 Å². The Morgan fingerprint density at radius 2 is 1.68 bits per heavy atom. The van der Waals surface area contributed by atoms with Gasteiger partial charge >= 0.3 is 5.97 Å². The van der Waals surface area contributed by atoms with E-state index in [1.54, 1.807) is 31.2 Å². The van der Waals surface area contributed by atoms with Crippen molar-refractivity contribution in [1.29, 1.82) is 0 Å². The van der Waals surface area contributed by atoms with Crippen LogP contribution in [0.3, 0.4) is 0 Å². The molecule has 6 heteroatoms. The molecule has 1 fully saturated rings. The number of benzene rings is 2. The van der Waals surface area contributed by atoms with Crippen LogP contribution in [-0.4, -0.2) is 36.1 Å². The number of fused-ring (bicyclic) bond motifs is 1. The fraction of sp³-hybridized carbons (Fsp3) is 0.273. The SMILES string of the molecule is COC(=O)[C@]1(C)N=C(c2ccccc2C)[C@H]2C(=O)N(c3ccccc3)C(=O)[C@H]21. The molecular weight excluding hydrogens is 356 g/mol. The summed E-state index contributed by atoms with van der Waals surface area (Å²) in [5, 5.41) is 0. The molecule has 0 saturated carbocycles. The third-order valence-electron chi connectivity index (χ3n) is 5.59. The summed E-state index contributed by atoms with van der Waals surface area (Å²) in [6, 6.07) is 16.3. The first-order valence-corrected chi connectivity index (χ1v) is 9.07. The molecule has 0 bridgehead atoms. The fourth-order valence-electron chi connectivity index (χ4n) is 4.20. The Hall–Kier alpha value is -3.28. The molecule has 1 saturated heterocycles. The first-order valence-electron chi connectivity index (χ1n) is 9.07. The summed E-state index contributed by atoms with van der Waals surface area (Å²) in [5.41, 5.74) is 1.19. The maximum Gasteiger partial charge on any atom is 0.334 e. The number of hydrogen-bond donors (Lipinski definition) is 0. The lowest BCUT2D eigenvalue weighted by atomic mass is 9.79. The van der Waals surface area contributed by atoms with Gasteiger partial charge in [0.25, 0.3) is 0 Å². The third kappa shape index (κ3) is 2.41. The second-order valence-corrected chi connectivity index (χ2v) is 7.25. The standard InChI is InChI=1S/C22H20N2O4/c1-13-9-7-8-12-15(13)18-16-17(22(2,23-18)21(27)28-3)20(26)24(19(16)25)14-10-5-4-6-11-14/h4-12,16-17H,1-3H3/t16-,17-,22+/m0/s1. The van der Waals surface area contributed by atoms with Gasteiger partial charge in [0.05, 0.1) is 30.3 Å². The van der Waals surface area contributed by atoms with Gasteiger partial charge in [0.1, 0.15) is 0 Å². The van der Waals surface area contributed by atoms with E-state index in [0.29, 0.717) is 11.4 Å². The van der Waals surface area contributed by atoms with Crippen LogP contribution in [-0.2, 0) is 19.1 Å². The van der Waals surface area contributed by atoms with Gasteiger partial charge in [-0.15, -0.1) is 0 Å². The second kappa shape index (κ2) is 6.41. The normalized spacial score (nSPS) is 26.2. The molecule has 0 N–H and O–H groups in total. The van der Waals surface area contributed by atoms with E-state index in [4.69, 9.17) is 4.74 Å². The monoisotopic (exact) mass is 376 g/mol. The largest absolute Gasteiger partial charge is 0.467 e. The molecule has 2 aliphatic heterocycles. The summed E-state index contributed by atoms with van der Waals surface area (Å²) >= 11 is 0. The van der Waals surface area contributed by atoms with Crippen LogP contribution in [0.4, 0.5) is 5.69 Å². The van der Waals surface area contributed by atoms with Crippen molar-refractivity contribution in [2.24, 2.45) is 16.8 Å². The van der Waals surface area contributed by atoms with Gasteiger partial charge in [-0.25, -0.2) is 9.69 Å². The minimum absolute atomic E-state index is 0.365. The van der Waals surface area contributed by atoms with E-state index < -0.39 is 29.3 Å². The zero-order chi connectivity index (χ0) is 20.1. The van der Waals surface area contributed by atoms with Gasteiger partial charge in [0.2, 0.25) is 11.8 Å². The van der Waals surface area contributed by atoms with Crippen LogP contribution in [0.25, 0.3) is 0 Å². The molecule has 0 spiro atoms. The number of carbonyl (C=O) groups is 3. The maximum absolute atomic E-state index is 13.4. The fourth-order valence-corrected chi connectivity index (χ4v) is 4.20. The summed E-state index contributed by atoms with van der Waals surface area (Å²) in [5.74, 6) is -3.17. The predicted molar refractivity (Wildman–Crippen MR) is 104 cm³/mol. The van der Waals surface area contributed by atoms with Crippen LogP contribution in [0.15, 0.2) is 59.6 Å². The van der Waals surface area contributed by atoms with Crippen molar-refractivity contribution in [1.82, 2.24) is 0 Å². The molecule has 28 heavy (non-hydrogen) atoms. The van der Waals surface area contributed by atoms with E-state index in [0.717, 1.165) is 11.1 Å². The number of imide groups is 1. The van der Waals surface area contributed by atoms with E-state index in [1.807, 2.05) is 37.3 Å². The van der Waals surface area contributed by atoms with Crippen LogP contribution in [0.2, 0.25) is 0 Å². The lowest BCUT2D eigenvalue weighted by molar-refractivity contribution is -0.150. The van der Waals surface area contributed by atoms with Crippen LogP contribution in [0.5, 0.6) is 0 Å². The Morgan fingerprint density at radius 3 is 2.32 bits per heavy atom. The highest BCUT2D eigenvalue weighted by atomic mass is 16.5. The van der Waals surface area contributed by atoms with Crippen molar-refractivity contribution in [3.05, 3.63) is 65.7 Å². The number of esters is 1. The molecule has 2 aromatic carbocycles. The molecule has 0 aromatic heterocycles. The summed E-state index contributed by atoms with van der Waals surface area (Å²) in [4.78, 5) is 45.1. The van der Waals surface area contributed by atoms with Crippen LogP contribution >= 0.6 is 0 Å². The Kier molecular flexibility index (Phi) is 4.14. The lowest BCUT2D eigenvalue weighted by Gasteiger charge is -2.24. The quantitative estimate of drug-likeness (QED) is 0.609. The van der Waals surface area contributed by atoms with Gasteiger partial charge in [0.15, 0.2) is 5.54 Å². The van der Waals surface area contributed by atoms with E-state index >= 15 is 0 Å². The Bertz CT molecular complexity index is 1010. The highest BCUT2D eigenvalue weighted by Crippen LogP contribution is 2.46. The number of amides is 2. The van der Waals surface area contributed by atoms with E-state index in [-0.39, 0.29) is 5.91 Å². The zero-order valence-electron chi connectivity index (χ0n) is 15.9. The van der Waals surface area contributed by atoms with Gasteiger partial charge < -0.3 is 4.74 Å². The molecule has 6 nitrogen and oxygen atoms in total. The molecule has 0 radical (unpaired) electrons. The minimum atomic E-state index is -1.45. The molecule has 2 amide bonds. The predicted octanol–water partition coefficient (Wildman–Crippen LogP) is 2.54. The van der Waals surface area contributed by atoms with Crippen LogP contribution in [0.1, 0.15) is 18.1 Å². The average molecular weight is 376 g/mol. The van der Waals surface area contributed by atoms with Crippen molar-refractivity contribution >= 4 is 29.2 Å². The minimum Gasteiger partial charge on any atom is -0.467 e. The summed E-state index contributed by atoms with van der Waals surface area (Å²) < 4.78 is 4.96. The van der Waals surface area contributed by atoms with Crippen molar-refractivity contribution in [2.75, 3.05) is 12.0 Å². The number of aliphatic imine (C=N–C) groups is 1. The second-order valence-electron chi connectivity index (χ2n) is 7.25. The van der Waals surface area contributed by atoms with Crippen LogP contribution < -0.4 is 4.90 Å². The third-order valence-corrected chi connectivity index (χ3v) is 5.59. The number of rotatable bonds is 3. The van der Waals surface area contributed by atoms with Crippen molar-refractivity contribution in [3.8, 4) is 0 Å². The van der Waals surface area contributed by atoms with Crippen LogP contribution in [0, 0.1) is 18.8 Å². The molecule has 2 aromatic rings. The van der Waals surface area contributed by atoms with Crippen molar-refractivity contribution < 1.29 is 19.1 Å². The highest BCUT2D eigenvalue weighted by molar-refractivity contribution is 6.33. The number of carbonyl (C=O) groups excluding carboxylic acids is 3. The molecule has 3 atom stereocenters. The molecule has 2 aliphatic rings. The van der Waals surface area contributed by atoms with E-state index in [1.165, 1.54) is 12.0 Å². The molecule has 0 unspecified atom stereocenters. The Morgan fingerprint density at radius 1 is 1.04 bits per heavy atom. The summed E-state index contributed by atoms with van der Waals surface area (Å²) in [6.07, 6.45) is 0. The van der Waals surface area contributed by atoms with Gasteiger partial charge in [0, 0.05) is 0 Å². The highest BCUT2D eigenvalue weighted by Gasteiger charge is 2.65. The first kappa shape index (κ1) is 18.1. The number of nitrogens with zero attached hydrogens (tertiary/aromatic N) is 2. The van der Waals surface area contributed by atoms with Gasteiger partial charge in [-0.3, -0.25) is 14.6 Å². The van der Waals surface area contributed by atoms with E-state index in [2.05, 4.69) is 4.99 Å².